The van der Waals surface area contributed by atoms with Gasteiger partial charge in [0.05, 0.1) is 29.7 Å². The lowest BCUT2D eigenvalue weighted by Gasteiger charge is -2.34. The van der Waals surface area contributed by atoms with Crippen LogP contribution in [0.5, 0.6) is 0 Å². The Hall–Kier alpha value is -4.24. The molecule has 0 unspecified atom stereocenters. The Morgan fingerprint density at radius 3 is 2.55 bits per heavy atom. The molecular formula is C24H18N4O5. The molecule has 9 nitrogen and oxygen atoms in total. The van der Waals surface area contributed by atoms with E-state index in [-0.39, 0.29) is 11.1 Å². The maximum Gasteiger partial charge on any atom is 0.335 e. The number of nitrogens with zero attached hydrogens (tertiary/aromatic N) is 4. The lowest BCUT2D eigenvalue weighted by atomic mass is 10.00. The van der Waals surface area contributed by atoms with Gasteiger partial charge in [-0.2, -0.15) is 0 Å². The van der Waals surface area contributed by atoms with Crippen LogP contribution in [0.15, 0.2) is 53.3 Å². The van der Waals surface area contributed by atoms with Crippen molar-refractivity contribution in [3.05, 3.63) is 64.4 Å². The van der Waals surface area contributed by atoms with Crippen LogP contribution in [0.25, 0.3) is 38.2 Å². The SMILES string of the molecule is O=CON1CCN(c2ccc3c4c2cccc4c(=O)n2c4ccc(C(=O)O)cc4nc32)CC1. The third-order valence-corrected chi connectivity index (χ3v) is 6.36. The third-order valence-electron chi connectivity index (χ3n) is 6.36. The zero-order valence-corrected chi connectivity index (χ0v) is 17.4. The monoisotopic (exact) mass is 442 g/mol. The molecule has 1 fully saturated rings. The number of rotatable bonds is 4. The standard InChI is InChI=1S/C24H18N4O5/c29-13-33-27-10-8-26(9-11-27)19-7-5-16-21-15(19)2-1-3-17(21)23(30)28-20-6-4-14(24(31)32)12-18(20)25-22(16)28/h1-7,12-13H,8-11H2,(H,31,32). The summed E-state index contributed by atoms with van der Waals surface area (Å²) in [4.78, 5) is 47.4. The lowest BCUT2D eigenvalue weighted by molar-refractivity contribution is -0.174. The molecule has 6 rings (SSSR count). The number of aromatic carboxylic acids is 1. The number of fused-ring (bicyclic) bond motifs is 4. The highest BCUT2D eigenvalue weighted by Crippen LogP contribution is 2.36. The molecule has 1 aliphatic heterocycles. The summed E-state index contributed by atoms with van der Waals surface area (Å²) < 4.78 is 1.56. The van der Waals surface area contributed by atoms with Crippen molar-refractivity contribution in [3.63, 3.8) is 0 Å². The van der Waals surface area contributed by atoms with Crippen molar-refractivity contribution in [1.82, 2.24) is 14.4 Å². The molecule has 1 aliphatic rings. The predicted octanol–water partition coefficient (Wildman–Crippen LogP) is 2.50. The molecule has 0 aliphatic carbocycles. The fourth-order valence-corrected chi connectivity index (χ4v) is 4.85. The molecule has 5 aromatic rings. The number of benzene rings is 3. The summed E-state index contributed by atoms with van der Waals surface area (Å²) in [5.41, 5.74) is 2.51. The van der Waals surface area contributed by atoms with Crippen LogP contribution in [0, 0.1) is 0 Å². The van der Waals surface area contributed by atoms with Gasteiger partial charge in [0.1, 0.15) is 5.65 Å². The fourth-order valence-electron chi connectivity index (χ4n) is 4.85. The largest absolute Gasteiger partial charge is 0.478 e. The second-order valence-corrected chi connectivity index (χ2v) is 8.06. The molecule has 164 valence electrons. The Morgan fingerprint density at radius 1 is 1.00 bits per heavy atom. The molecule has 0 radical (unpaired) electrons. The number of aromatic nitrogens is 2. The van der Waals surface area contributed by atoms with Gasteiger partial charge >= 0.3 is 12.4 Å². The maximum absolute atomic E-state index is 13.5. The van der Waals surface area contributed by atoms with E-state index in [1.807, 2.05) is 30.3 Å². The lowest BCUT2D eigenvalue weighted by Crippen LogP contribution is -2.46. The van der Waals surface area contributed by atoms with E-state index in [1.165, 1.54) is 12.1 Å². The summed E-state index contributed by atoms with van der Waals surface area (Å²) >= 11 is 0. The van der Waals surface area contributed by atoms with Crippen LogP contribution in [0.3, 0.4) is 0 Å². The van der Waals surface area contributed by atoms with Crippen LogP contribution >= 0.6 is 0 Å². The number of hydrogen-bond acceptors (Lipinski definition) is 7. The highest BCUT2D eigenvalue weighted by atomic mass is 16.7. The molecule has 0 atom stereocenters. The average molecular weight is 442 g/mol. The van der Waals surface area contributed by atoms with Crippen LogP contribution in [0.4, 0.5) is 5.69 Å². The quantitative estimate of drug-likeness (QED) is 0.424. The molecule has 0 amide bonds. The van der Waals surface area contributed by atoms with Crippen LogP contribution in [0.1, 0.15) is 10.4 Å². The van der Waals surface area contributed by atoms with Crippen molar-refractivity contribution < 1.29 is 19.5 Å². The van der Waals surface area contributed by atoms with Gasteiger partial charge in [-0.15, -0.1) is 5.06 Å². The molecule has 33 heavy (non-hydrogen) atoms. The molecule has 3 heterocycles. The van der Waals surface area contributed by atoms with Gasteiger partial charge < -0.3 is 14.8 Å². The summed E-state index contributed by atoms with van der Waals surface area (Å²) in [5, 5.41) is 14.2. The summed E-state index contributed by atoms with van der Waals surface area (Å²) in [6.45, 7) is 2.97. The summed E-state index contributed by atoms with van der Waals surface area (Å²) in [7, 11) is 0. The summed E-state index contributed by atoms with van der Waals surface area (Å²) in [6.07, 6.45) is 0. The first-order valence-corrected chi connectivity index (χ1v) is 10.5. The van der Waals surface area contributed by atoms with Gasteiger partial charge in [-0.1, -0.05) is 12.1 Å². The minimum Gasteiger partial charge on any atom is -0.478 e. The fraction of sp³-hybridized carbons (Fsp3) is 0.167. The normalized spacial score (nSPS) is 15.1. The zero-order valence-electron chi connectivity index (χ0n) is 17.4. The predicted molar refractivity (Wildman–Crippen MR) is 123 cm³/mol. The molecule has 9 heteroatoms. The Balaban J connectivity index is 1.59. The third kappa shape index (κ3) is 2.82. The molecule has 1 N–H and O–H groups in total. The van der Waals surface area contributed by atoms with Crippen molar-refractivity contribution in [3.8, 4) is 0 Å². The zero-order chi connectivity index (χ0) is 22.7. The second kappa shape index (κ2) is 7.14. The van der Waals surface area contributed by atoms with Gasteiger partial charge in [-0.05, 0) is 36.4 Å². The van der Waals surface area contributed by atoms with Gasteiger partial charge in [0, 0.05) is 40.3 Å². The molecule has 3 aromatic carbocycles. The number of anilines is 1. The number of carbonyl (C=O) groups excluding carboxylic acids is 1. The van der Waals surface area contributed by atoms with E-state index in [4.69, 9.17) is 4.84 Å². The minimum absolute atomic E-state index is 0.126. The molecule has 0 saturated carbocycles. The highest BCUT2D eigenvalue weighted by molar-refractivity contribution is 6.19. The second-order valence-electron chi connectivity index (χ2n) is 8.06. The van der Waals surface area contributed by atoms with E-state index < -0.39 is 5.97 Å². The van der Waals surface area contributed by atoms with Gasteiger partial charge in [-0.3, -0.25) is 14.0 Å². The summed E-state index contributed by atoms with van der Waals surface area (Å²) in [5.74, 6) is -1.04. The number of carbonyl (C=O) groups is 2. The molecular weight excluding hydrogens is 424 g/mol. The van der Waals surface area contributed by atoms with E-state index in [1.54, 1.807) is 15.5 Å². The van der Waals surface area contributed by atoms with Gasteiger partial charge in [0.15, 0.2) is 0 Å². The van der Waals surface area contributed by atoms with Crippen LogP contribution in [-0.2, 0) is 9.63 Å². The van der Waals surface area contributed by atoms with E-state index in [0.717, 1.165) is 21.8 Å². The van der Waals surface area contributed by atoms with Crippen LogP contribution in [-0.4, -0.2) is 58.2 Å². The van der Waals surface area contributed by atoms with E-state index in [0.29, 0.717) is 54.7 Å². The van der Waals surface area contributed by atoms with Crippen LogP contribution < -0.4 is 10.5 Å². The number of piperazine rings is 1. The number of carboxylic acid groups (broad SMARTS) is 1. The van der Waals surface area contributed by atoms with E-state index >= 15 is 0 Å². The van der Waals surface area contributed by atoms with Crippen molar-refractivity contribution >= 4 is 56.4 Å². The number of pyridine rings is 1. The van der Waals surface area contributed by atoms with Crippen molar-refractivity contribution in [2.75, 3.05) is 31.1 Å². The van der Waals surface area contributed by atoms with Crippen molar-refractivity contribution in [2.24, 2.45) is 0 Å². The topological polar surface area (TPSA) is 104 Å². The van der Waals surface area contributed by atoms with Gasteiger partial charge in [-0.25, -0.2) is 9.78 Å². The first-order chi connectivity index (χ1) is 16.1. The van der Waals surface area contributed by atoms with Crippen LogP contribution in [0.2, 0.25) is 0 Å². The first-order valence-electron chi connectivity index (χ1n) is 10.5. The Bertz CT molecular complexity index is 1640. The van der Waals surface area contributed by atoms with Gasteiger partial charge in [0.2, 0.25) is 0 Å². The number of carboxylic acids is 1. The summed E-state index contributed by atoms with van der Waals surface area (Å²) in [6, 6.07) is 14.3. The maximum atomic E-state index is 13.5. The Labute approximate surface area is 186 Å². The van der Waals surface area contributed by atoms with Gasteiger partial charge in [0.25, 0.3) is 5.56 Å². The number of imidazole rings is 1. The van der Waals surface area contributed by atoms with E-state index in [9.17, 15) is 19.5 Å². The molecule has 1 saturated heterocycles. The number of hydroxylamine groups is 2. The van der Waals surface area contributed by atoms with Crippen molar-refractivity contribution in [2.45, 2.75) is 0 Å². The average Bonchev–Trinajstić information content (AvgIpc) is 3.22. The Kier molecular flexibility index (Phi) is 4.21. The molecule has 0 spiro atoms. The van der Waals surface area contributed by atoms with Crippen molar-refractivity contribution in [1.29, 1.82) is 0 Å². The van der Waals surface area contributed by atoms with E-state index in [2.05, 4.69) is 9.88 Å². The first kappa shape index (κ1) is 19.4. The highest BCUT2D eigenvalue weighted by Gasteiger charge is 2.23. The smallest absolute Gasteiger partial charge is 0.335 e. The number of hydrogen-bond donors (Lipinski definition) is 1. The minimum atomic E-state index is -1.04. The molecule has 0 bridgehead atoms. The molecule has 2 aromatic heterocycles. The Morgan fingerprint density at radius 2 is 1.79 bits per heavy atom.